The molecule has 1 amide bonds. The van der Waals surface area contributed by atoms with E-state index < -0.39 is 0 Å². The molecule has 1 N–H and O–H groups in total. The molecule has 0 aliphatic rings. The van der Waals surface area contributed by atoms with E-state index in [-0.39, 0.29) is 24.1 Å². The van der Waals surface area contributed by atoms with Crippen LogP contribution in [0.4, 0.5) is 10.2 Å². The quantitative estimate of drug-likeness (QED) is 0.830. The van der Waals surface area contributed by atoms with Crippen molar-refractivity contribution >= 4 is 11.7 Å². The summed E-state index contributed by atoms with van der Waals surface area (Å²) in [6.45, 7) is 0.203. The number of amides is 1. The highest BCUT2D eigenvalue weighted by molar-refractivity contribution is 5.91. The van der Waals surface area contributed by atoms with Gasteiger partial charge < -0.3 is 10.1 Å². The van der Waals surface area contributed by atoms with Crippen molar-refractivity contribution in [3.05, 3.63) is 59.5 Å². The van der Waals surface area contributed by atoms with E-state index >= 15 is 0 Å². The van der Waals surface area contributed by atoms with E-state index in [1.165, 1.54) is 18.3 Å². The van der Waals surface area contributed by atoms with Gasteiger partial charge in [0.25, 0.3) is 5.91 Å². The number of pyridine rings is 1. The van der Waals surface area contributed by atoms with Crippen LogP contribution in [-0.2, 0) is 16.0 Å². The van der Waals surface area contributed by atoms with Crippen LogP contribution in [0.25, 0.3) is 0 Å². The fraction of sp³-hybridized carbons (Fsp3) is 0.188. The van der Waals surface area contributed by atoms with Crippen molar-refractivity contribution in [2.75, 3.05) is 18.5 Å². The molecule has 5 nitrogen and oxygen atoms in total. The Labute approximate surface area is 127 Å². The fourth-order valence-corrected chi connectivity index (χ4v) is 1.77. The predicted octanol–water partition coefficient (Wildman–Crippen LogP) is 2.29. The minimum absolute atomic E-state index is 0.136. The Morgan fingerprint density at radius 2 is 2.09 bits per heavy atom. The van der Waals surface area contributed by atoms with Gasteiger partial charge in [-0.05, 0) is 36.2 Å². The average molecular weight is 299 g/mol. The first kappa shape index (κ1) is 15.6. The van der Waals surface area contributed by atoms with Gasteiger partial charge in [-0.2, -0.15) is 5.26 Å². The average Bonchev–Trinajstić information content (AvgIpc) is 2.54. The molecule has 1 aromatic heterocycles. The molecule has 2 rings (SSSR count). The molecule has 1 aromatic carbocycles. The van der Waals surface area contributed by atoms with E-state index in [0.717, 1.165) is 5.56 Å². The Morgan fingerprint density at radius 3 is 2.82 bits per heavy atom. The lowest BCUT2D eigenvalue weighted by atomic mass is 10.2. The number of carbonyl (C=O) groups excluding carboxylic acids is 1. The minimum atomic E-state index is -0.380. The molecule has 0 saturated heterocycles. The van der Waals surface area contributed by atoms with Crippen LogP contribution in [0, 0.1) is 17.1 Å². The maximum atomic E-state index is 12.7. The lowest BCUT2D eigenvalue weighted by molar-refractivity contribution is -0.120. The highest BCUT2D eigenvalue weighted by Gasteiger charge is 2.07. The van der Waals surface area contributed by atoms with E-state index in [0.29, 0.717) is 18.6 Å². The first-order chi connectivity index (χ1) is 10.7. The number of hydrogen-bond acceptors (Lipinski definition) is 4. The molecule has 0 fully saturated rings. The lowest BCUT2D eigenvalue weighted by Crippen LogP contribution is -2.20. The zero-order chi connectivity index (χ0) is 15.8. The van der Waals surface area contributed by atoms with Gasteiger partial charge in [0.15, 0.2) is 5.82 Å². The second kappa shape index (κ2) is 7.86. The van der Waals surface area contributed by atoms with Crippen LogP contribution in [0.5, 0.6) is 0 Å². The van der Waals surface area contributed by atoms with Crippen molar-refractivity contribution in [2.24, 2.45) is 0 Å². The monoisotopic (exact) mass is 299 g/mol. The maximum Gasteiger partial charge on any atom is 0.251 e. The molecule has 22 heavy (non-hydrogen) atoms. The van der Waals surface area contributed by atoms with E-state index in [1.54, 1.807) is 24.3 Å². The Morgan fingerprint density at radius 1 is 1.32 bits per heavy atom. The molecule has 112 valence electrons. The van der Waals surface area contributed by atoms with Crippen molar-refractivity contribution < 1.29 is 13.9 Å². The van der Waals surface area contributed by atoms with Crippen LogP contribution in [-0.4, -0.2) is 24.1 Å². The number of hydrogen-bond donors (Lipinski definition) is 1. The van der Waals surface area contributed by atoms with Gasteiger partial charge in [0.05, 0.1) is 12.2 Å². The summed E-state index contributed by atoms with van der Waals surface area (Å²) in [5.74, 6) is -0.445. The van der Waals surface area contributed by atoms with Gasteiger partial charge >= 0.3 is 0 Å². The molecule has 0 saturated carbocycles. The third kappa shape index (κ3) is 4.65. The number of nitriles is 1. The second-order valence-electron chi connectivity index (χ2n) is 4.49. The Hall–Kier alpha value is -2.78. The van der Waals surface area contributed by atoms with E-state index in [1.807, 2.05) is 6.07 Å². The molecular formula is C16H14FN3O2. The van der Waals surface area contributed by atoms with Gasteiger partial charge in [-0.1, -0.05) is 12.1 Å². The molecule has 2 aromatic rings. The third-order valence-corrected chi connectivity index (χ3v) is 2.87. The molecule has 6 heteroatoms. The van der Waals surface area contributed by atoms with Crippen LogP contribution < -0.4 is 5.32 Å². The van der Waals surface area contributed by atoms with Crippen LogP contribution in [0.15, 0.2) is 42.6 Å². The Kier molecular flexibility index (Phi) is 5.57. The van der Waals surface area contributed by atoms with E-state index in [2.05, 4.69) is 10.3 Å². The van der Waals surface area contributed by atoms with Crippen molar-refractivity contribution in [3.63, 3.8) is 0 Å². The molecule has 0 unspecified atom stereocenters. The van der Waals surface area contributed by atoms with Crippen LogP contribution >= 0.6 is 0 Å². The molecule has 0 aliphatic carbocycles. The van der Waals surface area contributed by atoms with Crippen LogP contribution in [0.1, 0.15) is 11.1 Å². The number of aromatic nitrogens is 1. The number of benzene rings is 1. The summed E-state index contributed by atoms with van der Waals surface area (Å²) in [6.07, 6.45) is 2.08. The van der Waals surface area contributed by atoms with Crippen LogP contribution in [0.2, 0.25) is 0 Å². The lowest BCUT2D eigenvalue weighted by Gasteiger charge is -2.07. The topological polar surface area (TPSA) is 75.0 Å². The predicted molar refractivity (Wildman–Crippen MR) is 78.5 cm³/mol. The SMILES string of the molecule is N#Cc1cccnc1NC(=O)COCCc1ccc(F)cc1. The summed E-state index contributed by atoms with van der Waals surface area (Å²) in [5, 5.41) is 11.4. The number of ether oxygens (including phenoxy) is 1. The Bertz CT molecular complexity index is 681. The molecule has 0 bridgehead atoms. The molecule has 1 heterocycles. The summed E-state index contributed by atoms with van der Waals surface area (Å²) < 4.78 is 18.0. The number of halogens is 1. The van der Waals surface area contributed by atoms with Crippen molar-refractivity contribution in [1.82, 2.24) is 4.98 Å². The molecule has 0 atom stereocenters. The zero-order valence-electron chi connectivity index (χ0n) is 11.8. The number of nitrogens with zero attached hydrogens (tertiary/aromatic N) is 2. The maximum absolute atomic E-state index is 12.7. The van der Waals surface area contributed by atoms with Gasteiger partial charge in [0, 0.05) is 6.20 Å². The molecule has 0 aliphatic heterocycles. The number of nitrogens with one attached hydrogen (secondary N) is 1. The number of anilines is 1. The molecular weight excluding hydrogens is 285 g/mol. The van der Waals surface area contributed by atoms with Gasteiger partial charge in [0.2, 0.25) is 0 Å². The van der Waals surface area contributed by atoms with Gasteiger partial charge in [-0.3, -0.25) is 4.79 Å². The van der Waals surface area contributed by atoms with Crippen molar-refractivity contribution in [2.45, 2.75) is 6.42 Å². The summed E-state index contributed by atoms with van der Waals surface area (Å²) in [6, 6.07) is 11.2. The second-order valence-corrected chi connectivity index (χ2v) is 4.49. The number of carbonyl (C=O) groups is 1. The summed E-state index contributed by atoms with van der Waals surface area (Å²) >= 11 is 0. The standard InChI is InChI=1S/C16H14FN3O2/c17-14-5-3-12(4-6-14)7-9-22-11-15(21)20-16-13(10-18)2-1-8-19-16/h1-6,8H,7,9,11H2,(H,19,20,21). The highest BCUT2D eigenvalue weighted by Crippen LogP contribution is 2.09. The Balaban J connectivity index is 1.74. The zero-order valence-corrected chi connectivity index (χ0v) is 11.8. The minimum Gasteiger partial charge on any atom is -0.371 e. The summed E-state index contributed by atoms with van der Waals surface area (Å²) in [4.78, 5) is 15.6. The number of rotatable bonds is 6. The third-order valence-electron chi connectivity index (χ3n) is 2.87. The molecule has 0 radical (unpaired) electrons. The van der Waals surface area contributed by atoms with E-state index in [4.69, 9.17) is 10.00 Å². The summed E-state index contributed by atoms with van der Waals surface area (Å²) in [5.41, 5.74) is 1.22. The van der Waals surface area contributed by atoms with E-state index in [9.17, 15) is 9.18 Å². The van der Waals surface area contributed by atoms with Gasteiger partial charge in [-0.15, -0.1) is 0 Å². The summed E-state index contributed by atoms with van der Waals surface area (Å²) in [7, 11) is 0. The van der Waals surface area contributed by atoms with Crippen molar-refractivity contribution in [1.29, 1.82) is 5.26 Å². The first-order valence-electron chi connectivity index (χ1n) is 6.66. The largest absolute Gasteiger partial charge is 0.371 e. The molecule has 0 spiro atoms. The smallest absolute Gasteiger partial charge is 0.251 e. The van der Waals surface area contributed by atoms with Crippen molar-refractivity contribution in [3.8, 4) is 6.07 Å². The van der Waals surface area contributed by atoms with Crippen LogP contribution in [0.3, 0.4) is 0 Å². The fourth-order valence-electron chi connectivity index (χ4n) is 1.77. The normalized spacial score (nSPS) is 10.0. The first-order valence-corrected chi connectivity index (χ1v) is 6.66. The van der Waals surface area contributed by atoms with Gasteiger partial charge in [0.1, 0.15) is 18.5 Å². The highest BCUT2D eigenvalue weighted by atomic mass is 19.1. The van der Waals surface area contributed by atoms with Gasteiger partial charge in [-0.25, -0.2) is 9.37 Å².